The third-order valence-electron chi connectivity index (χ3n) is 1.89. The van der Waals surface area contributed by atoms with Crippen LogP contribution in [-0.2, 0) is 13.0 Å². The van der Waals surface area contributed by atoms with Gasteiger partial charge in [0.15, 0.2) is 0 Å². The maximum Gasteiger partial charge on any atom is 0.343 e. The molecule has 1 aromatic rings. The molecule has 0 bridgehead atoms. The van der Waals surface area contributed by atoms with E-state index in [0.717, 1.165) is 31.6 Å². The van der Waals surface area contributed by atoms with Gasteiger partial charge in [-0.1, -0.05) is 6.92 Å². The first kappa shape index (κ1) is 9.98. The van der Waals surface area contributed by atoms with Crippen molar-refractivity contribution in [2.75, 3.05) is 6.54 Å². The summed E-state index contributed by atoms with van der Waals surface area (Å²) in [5, 5.41) is 6.39. The Morgan fingerprint density at radius 3 is 3.00 bits per heavy atom. The summed E-state index contributed by atoms with van der Waals surface area (Å²) in [5.74, 6) is 0.817. The van der Waals surface area contributed by atoms with Gasteiger partial charge < -0.3 is 5.73 Å². The molecule has 0 aromatic carbocycles. The zero-order chi connectivity index (χ0) is 9.68. The quantitative estimate of drug-likeness (QED) is 0.669. The zero-order valence-electron chi connectivity index (χ0n) is 7.92. The van der Waals surface area contributed by atoms with Gasteiger partial charge in [0, 0.05) is 13.0 Å². The highest BCUT2D eigenvalue weighted by Crippen LogP contribution is 1.96. The standard InChI is InChI=1S/C8H16N4O/c1-2-6-12-7(4-3-5-9)10-11-8(12)13/h2-6,9H2,1H3,(H,11,13). The normalized spacial score (nSPS) is 10.6. The summed E-state index contributed by atoms with van der Waals surface area (Å²) in [6.07, 6.45) is 2.58. The van der Waals surface area contributed by atoms with E-state index in [9.17, 15) is 4.79 Å². The van der Waals surface area contributed by atoms with Crippen LogP contribution in [0.5, 0.6) is 0 Å². The van der Waals surface area contributed by atoms with E-state index >= 15 is 0 Å². The molecule has 1 heterocycles. The van der Waals surface area contributed by atoms with E-state index in [2.05, 4.69) is 10.2 Å². The lowest BCUT2D eigenvalue weighted by Gasteiger charge is -2.01. The highest BCUT2D eigenvalue weighted by Gasteiger charge is 2.05. The van der Waals surface area contributed by atoms with Crippen LogP contribution in [0.1, 0.15) is 25.6 Å². The van der Waals surface area contributed by atoms with E-state index < -0.39 is 0 Å². The van der Waals surface area contributed by atoms with Gasteiger partial charge >= 0.3 is 5.69 Å². The molecule has 0 saturated carbocycles. The number of nitrogens with zero attached hydrogens (tertiary/aromatic N) is 2. The minimum atomic E-state index is -0.117. The Morgan fingerprint density at radius 2 is 2.38 bits per heavy atom. The van der Waals surface area contributed by atoms with Crippen molar-refractivity contribution in [3.63, 3.8) is 0 Å². The summed E-state index contributed by atoms with van der Waals surface area (Å²) in [6.45, 7) is 3.40. The number of hydrogen-bond acceptors (Lipinski definition) is 3. The third-order valence-corrected chi connectivity index (χ3v) is 1.89. The molecule has 0 radical (unpaired) electrons. The molecular formula is C8H16N4O. The number of nitrogens with one attached hydrogen (secondary N) is 1. The second kappa shape index (κ2) is 4.81. The predicted octanol–water partition coefficient (Wildman–Crippen LogP) is -0.127. The Hall–Kier alpha value is -1.10. The molecule has 0 amide bonds. The lowest BCUT2D eigenvalue weighted by molar-refractivity contribution is 0.610. The fourth-order valence-electron chi connectivity index (χ4n) is 1.26. The van der Waals surface area contributed by atoms with E-state index in [0.29, 0.717) is 6.54 Å². The number of aryl methyl sites for hydroxylation is 1. The van der Waals surface area contributed by atoms with Crippen molar-refractivity contribution in [2.24, 2.45) is 5.73 Å². The average molecular weight is 184 g/mol. The number of H-pyrrole nitrogens is 1. The molecule has 0 fully saturated rings. The van der Waals surface area contributed by atoms with Crippen molar-refractivity contribution in [3.8, 4) is 0 Å². The van der Waals surface area contributed by atoms with Crippen LogP contribution in [0, 0.1) is 0 Å². The summed E-state index contributed by atoms with van der Waals surface area (Å²) in [6, 6.07) is 0. The second-order valence-electron chi connectivity index (χ2n) is 2.99. The summed E-state index contributed by atoms with van der Waals surface area (Å²) < 4.78 is 1.68. The van der Waals surface area contributed by atoms with E-state index in [1.807, 2.05) is 6.92 Å². The van der Waals surface area contributed by atoms with Crippen molar-refractivity contribution in [2.45, 2.75) is 32.7 Å². The molecule has 13 heavy (non-hydrogen) atoms. The van der Waals surface area contributed by atoms with Crippen LogP contribution >= 0.6 is 0 Å². The van der Waals surface area contributed by atoms with E-state index in [1.165, 1.54) is 0 Å². The van der Waals surface area contributed by atoms with Crippen LogP contribution in [-0.4, -0.2) is 21.3 Å². The summed E-state index contributed by atoms with van der Waals surface area (Å²) in [7, 11) is 0. The molecule has 3 N–H and O–H groups in total. The monoisotopic (exact) mass is 184 g/mol. The molecule has 0 aliphatic carbocycles. The van der Waals surface area contributed by atoms with Crippen molar-refractivity contribution < 1.29 is 0 Å². The molecule has 0 unspecified atom stereocenters. The Labute approximate surface area is 76.9 Å². The lowest BCUT2D eigenvalue weighted by atomic mass is 10.3. The zero-order valence-corrected chi connectivity index (χ0v) is 7.92. The minimum Gasteiger partial charge on any atom is -0.330 e. The van der Waals surface area contributed by atoms with Gasteiger partial charge in [0.05, 0.1) is 0 Å². The fourth-order valence-corrected chi connectivity index (χ4v) is 1.26. The molecule has 74 valence electrons. The summed E-state index contributed by atoms with van der Waals surface area (Å²) in [5.41, 5.74) is 5.27. The molecule has 0 saturated heterocycles. The third kappa shape index (κ3) is 2.42. The smallest absolute Gasteiger partial charge is 0.330 e. The van der Waals surface area contributed by atoms with Crippen LogP contribution in [0.2, 0.25) is 0 Å². The van der Waals surface area contributed by atoms with E-state index in [1.54, 1.807) is 4.57 Å². The van der Waals surface area contributed by atoms with E-state index in [4.69, 9.17) is 5.73 Å². The van der Waals surface area contributed by atoms with Crippen LogP contribution < -0.4 is 11.4 Å². The maximum absolute atomic E-state index is 11.2. The van der Waals surface area contributed by atoms with Gasteiger partial charge in [-0.3, -0.25) is 4.57 Å². The topological polar surface area (TPSA) is 76.7 Å². The van der Waals surface area contributed by atoms with Gasteiger partial charge in [-0.2, -0.15) is 5.10 Å². The van der Waals surface area contributed by atoms with Gasteiger partial charge in [0.1, 0.15) is 5.82 Å². The highest BCUT2D eigenvalue weighted by molar-refractivity contribution is 4.86. The molecule has 0 atom stereocenters. The molecule has 1 rings (SSSR count). The Kier molecular flexibility index (Phi) is 3.70. The first-order valence-electron chi connectivity index (χ1n) is 4.63. The van der Waals surface area contributed by atoms with Gasteiger partial charge in [0.25, 0.3) is 0 Å². The molecule has 5 nitrogen and oxygen atoms in total. The number of rotatable bonds is 5. The molecule has 0 spiro atoms. The van der Waals surface area contributed by atoms with Crippen molar-refractivity contribution in [1.82, 2.24) is 14.8 Å². The van der Waals surface area contributed by atoms with Crippen LogP contribution in [0.15, 0.2) is 4.79 Å². The van der Waals surface area contributed by atoms with Crippen molar-refractivity contribution in [3.05, 3.63) is 16.3 Å². The molecule has 1 aromatic heterocycles. The number of aromatic amines is 1. The molecular weight excluding hydrogens is 168 g/mol. The highest BCUT2D eigenvalue weighted by atomic mass is 16.1. The lowest BCUT2D eigenvalue weighted by Crippen LogP contribution is -2.19. The first-order chi connectivity index (χ1) is 6.29. The maximum atomic E-state index is 11.2. The number of hydrogen-bond donors (Lipinski definition) is 2. The Morgan fingerprint density at radius 1 is 1.62 bits per heavy atom. The summed E-state index contributed by atoms with van der Waals surface area (Å²) in [4.78, 5) is 11.2. The number of nitrogens with two attached hydrogens (primary N) is 1. The van der Waals surface area contributed by atoms with Gasteiger partial charge in [-0.15, -0.1) is 0 Å². The minimum absolute atomic E-state index is 0.117. The Bertz CT molecular complexity index is 301. The molecule has 5 heteroatoms. The second-order valence-corrected chi connectivity index (χ2v) is 2.99. The van der Waals surface area contributed by atoms with Crippen LogP contribution in [0.3, 0.4) is 0 Å². The van der Waals surface area contributed by atoms with Crippen LogP contribution in [0.4, 0.5) is 0 Å². The van der Waals surface area contributed by atoms with Crippen LogP contribution in [0.25, 0.3) is 0 Å². The van der Waals surface area contributed by atoms with Crippen molar-refractivity contribution >= 4 is 0 Å². The van der Waals surface area contributed by atoms with Gasteiger partial charge in [-0.25, -0.2) is 9.89 Å². The van der Waals surface area contributed by atoms with Crippen molar-refractivity contribution in [1.29, 1.82) is 0 Å². The average Bonchev–Trinajstić information content (AvgIpc) is 2.46. The molecule has 0 aliphatic heterocycles. The van der Waals surface area contributed by atoms with E-state index in [-0.39, 0.29) is 5.69 Å². The Balaban J connectivity index is 2.74. The number of aromatic nitrogens is 3. The van der Waals surface area contributed by atoms with Gasteiger partial charge in [-0.05, 0) is 19.4 Å². The SMILES string of the molecule is CCCn1c(CCCN)n[nH]c1=O. The molecule has 0 aliphatic rings. The first-order valence-corrected chi connectivity index (χ1v) is 4.63. The van der Waals surface area contributed by atoms with Gasteiger partial charge in [0.2, 0.25) is 0 Å². The summed E-state index contributed by atoms with van der Waals surface area (Å²) >= 11 is 0. The largest absolute Gasteiger partial charge is 0.343 e. The fraction of sp³-hybridized carbons (Fsp3) is 0.750. The predicted molar refractivity (Wildman–Crippen MR) is 50.5 cm³/mol.